The molecule has 0 aliphatic carbocycles. The molecule has 104 valence electrons. The van der Waals surface area contributed by atoms with E-state index in [0.717, 1.165) is 26.2 Å². The van der Waals surface area contributed by atoms with Crippen LogP contribution in [0.15, 0.2) is 0 Å². The monoisotopic (exact) mass is 243 g/mol. The van der Waals surface area contributed by atoms with Crippen molar-refractivity contribution in [3.63, 3.8) is 0 Å². The predicted molar refractivity (Wildman–Crippen MR) is 76.6 cm³/mol. The van der Waals surface area contributed by atoms with Crippen molar-refractivity contribution in [3.8, 4) is 0 Å². The third-order valence-corrected chi connectivity index (χ3v) is 3.05. The van der Waals surface area contributed by atoms with Gasteiger partial charge < -0.3 is 10.1 Å². The van der Waals surface area contributed by atoms with Gasteiger partial charge in [-0.1, -0.05) is 46.5 Å². The van der Waals surface area contributed by atoms with E-state index in [1.165, 1.54) is 44.9 Å². The molecule has 1 N–H and O–H groups in total. The summed E-state index contributed by atoms with van der Waals surface area (Å²) in [6, 6.07) is 0.670. The van der Waals surface area contributed by atoms with Gasteiger partial charge in [0.15, 0.2) is 0 Å². The Kier molecular flexibility index (Phi) is 13.9. The SMILES string of the molecule is CCCCCCC(CCOCCC)NCCC. The van der Waals surface area contributed by atoms with Gasteiger partial charge in [-0.25, -0.2) is 0 Å². The van der Waals surface area contributed by atoms with Crippen molar-refractivity contribution in [2.24, 2.45) is 0 Å². The highest BCUT2D eigenvalue weighted by atomic mass is 16.5. The zero-order chi connectivity index (χ0) is 12.8. The highest BCUT2D eigenvalue weighted by molar-refractivity contribution is 4.66. The van der Waals surface area contributed by atoms with E-state index < -0.39 is 0 Å². The van der Waals surface area contributed by atoms with Gasteiger partial charge in [-0.15, -0.1) is 0 Å². The van der Waals surface area contributed by atoms with E-state index in [2.05, 4.69) is 26.1 Å². The van der Waals surface area contributed by atoms with Crippen molar-refractivity contribution in [1.29, 1.82) is 0 Å². The Morgan fingerprint density at radius 1 is 0.824 bits per heavy atom. The van der Waals surface area contributed by atoms with E-state index in [9.17, 15) is 0 Å². The van der Waals surface area contributed by atoms with Gasteiger partial charge in [0.05, 0.1) is 0 Å². The molecule has 2 heteroatoms. The van der Waals surface area contributed by atoms with Gasteiger partial charge in [-0.2, -0.15) is 0 Å². The van der Waals surface area contributed by atoms with Crippen LogP contribution >= 0.6 is 0 Å². The molecule has 0 radical (unpaired) electrons. The molecule has 2 nitrogen and oxygen atoms in total. The van der Waals surface area contributed by atoms with Gasteiger partial charge >= 0.3 is 0 Å². The molecule has 0 aliphatic heterocycles. The van der Waals surface area contributed by atoms with E-state index in [1.807, 2.05) is 0 Å². The van der Waals surface area contributed by atoms with Crippen LogP contribution in [0.1, 0.15) is 72.1 Å². The topological polar surface area (TPSA) is 21.3 Å². The van der Waals surface area contributed by atoms with Gasteiger partial charge in [0.25, 0.3) is 0 Å². The number of rotatable bonds is 13. The number of hydrogen-bond donors (Lipinski definition) is 1. The van der Waals surface area contributed by atoms with Crippen LogP contribution in [-0.2, 0) is 4.74 Å². The van der Waals surface area contributed by atoms with Crippen LogP contribution < -0.4 is 5.32 Å². The first-order chi connectivity index (χ1) is 8.35. The Hall–Kier alpha value is -0.0800. The number of hydrogen-bond acceptors (Lipinski definition) is 2. The first kappa shape index (κ1) is 16.9. The first-order valence-corrected chi connectivity index (χ1v) is 7.66. The van der Waals surface area contributed by atoms with Crippen molar-refractivity contribution in [2.45, 2.75) is 78.2 Å². The maximum Gasteiger partial charge on any atom is 0.0480 e. The lowest BCUT2D eigenvalue weighted by Crippen LogP contribution is -2.31. The molecule has 0 aromatic rings. The zero-order valence-corrected chi connectivity index (χ0v) is 12.3. The van der Waals surface area contributed by atoms with E-state index in [4.69, 9.17) is 4.74 Å². The lowest BCUT2D eigenvalue weighted by atomic mass is 10.0. The van der Waals surface area contributed by atoms with Crippen molar-refractivity contribution < 1.29 is 4.74 Å². The molecule has 0 rings (SSSR count). The lowest BCUT2D eigenvalue weighted by Gasteiger charge is -2.18. The standard InChI is InChI=1S/C15H33NO/c1-4-7-8-9-10-15(16-12-5-2)11-14-17-13-6-3/h15-16H,4-14H2,1-3H3. The summed E-state index contributed by atoms with van der Waals surface area (Å²) in [6.07, 6.45) is 10.3. The average molecular weight is 243 g/mol. The van der Waals surface area contributed by atoms with Crippen LogP contribution in [0.2, 0.25) is 0 Å². The molecule has 0 aliphatic rings. The van der Waals surface area contributed by atoms with Crippen LogP contribution in [0.3, 0.4) is 0 Å². The Morgan fingerprint density at radius 3 is 2.29 bits per heavy atom. The third-order valence-electron chi connectivity index (χ3n) is 3.05. The third kappa shape index (κ3) is 12.2. The fraction of sp³-hybridized carbons (Fsp3) is 1.00. The van der Waals surface area contributed by atoms with Crippen LogP contribution in [0.5, 0.6) is 0 Å². The molecule has 0 saturated heterocycles. The molecule has 1 atom stereocenters. The van der Waals surface area contributed by atoms with Gasteiger partial charge in [-0.3, -0.25) is 0 Å². The Labute approximate surface area is 109 Å². The molecule has 0 spiro atoms. The molecule has 0 fully saturated rings. The van der Waals surface area contributed by atoms with Crippen LogP contribution in [0, 0.1) is 0 Å². The Bertz CT molecular complexity index is 127. The smallest absolute Gasteiger partial charge is 0.0480 e. The summed E-state index contributed by atoms with van der Waals surface area (Å²) in [7, 11) is 0. The highest BCUT2D eigenvalue weighted by Gasteiger charge is 2.06. The summed E-state index contributed by atoms with van der Waals surface area (Å²) in [5, 5.41) is 3.64. The van der Waals surface area contributed by atoms with E-state index in [0.29, 0.717) is 6.04 Å². The Balaban J connectivity index is 3.56. The lowest BCUT2D eigenvalue weighted by molar-refractivity contribution is 0.123. The molecule has 0 bridgehead atoms. The Morgan fingerprint density at radius 2 is 1.65 bits per heavy atom. The summed E-state index contributed by atoms with van der Waals surface area (Å²) in [6.45, 7) is 9.64. The minimum absolute atomic E-state index is 0.670. The van der Waals surface area contributed by atoms with Gasteiger partial charge in [-0.05, 0) is 32.2 Å². The molecule has 1 unspecified atom stereocenters. The summed E-state index contributed by atoms with van der Waals surface area (Å²) in [4.78, 5) is 0. The highest BCUT2D eigenvalue weighted by Crippen LogP contribution is 2.08. The zero-order valence-electron chi connectivity index (χ0n) is 12.3. The summed E-state index contributed by atoms with van der Waals surface area (Å²) < 4.78 is 5.58. The quantitative estimate of drug-likeness (QED) is 0.491. The van der Waals surface area contributed by atoms with Crippen LogP contribution in [0.4, 0.5) is 0 Å². The number of ether oxygens (including phenoxy) is 1. The van der Waals surface area contributed by atoms with Crippen molar-refractivity contribution in [3.05, 3.63) is 0 Å². The fourth-order valence-electron chi connectivity index (χ4n) is 1.99. The molecule has 0 heterocycles. The molecular weight excluding hydrogens is 210 g/mol. The molecule has 0 saturated carbocycles. The summed E-state index contributed by atoms with van der Waals surface area (Å²) >= 11 is 0. The van der Waals surface area contributed by atoms with E-state index >= 15 is 0 Å². The maximum atomic E-state index is 5.58. The number of nitrogens with one attached hydrogen (secondary N) is 1. The molecule has 0 aromatic carbocycles. The van der Waals surface area contributed by atoms with Gasteiger partial charge in [0.1, 0.15) is 0 Å². The average Bonchev–Trinajstić information content (AvgIpc) is 2.35. The second kappa shape index (κ2) is 14.0. The van der Waals surface area contributed by atoms with Crippen LogP contribution in [-0.4, -0.2) is 25.8 Å². The second-order valence-corrected chi connectivity index (χ2v) is 4.90. The van der Waals surface area contributed by atoms with Crippen molar-refractivity contribution in [2.75, 3.05) is 19.8 Å². The van der Waals surface area contributed by atoms with Crippen molar-refractivity contribution in [1.82, 2.24) is 5.32 Å². The molecule has 0 amide bonds. The fourth-order valence-corrected chi connectivity index (χ4v) is 1.99. The van der Waals surface area contributed by atoms with Crippen molar-refractivity contribution >= 4 is 0 Å². The van der Waals surface area contributed by atoms with E-state index in [-0.39, 0.29) is 0 Å². The molecule has 17 heavy (non-hydrogen) atoms. The maximum absolute atomic E-state index is 5.58. The summed E-state index contributed by atoms with van der Waals surface area (Å²) in [5.41, 5.74) is 0. The van der Waals surface area contributed by atoms with Gasteiger partial charge in [0, 0.05) is 19.3 Å². The first-order valence-electron chi connectivity index (χ1n) is 7.66. The molecular formula is C15H33NO. The second-order valence-electron chi connectivity index (χ2n) is 4.90. The normalized spacial score (nSPS) is 12.9. The molecule has 0 aromatic heterocycles. The van der Waals surface area contributed by atoms with Gasteiger partial charge in [0.2, 0.25) is 0 Å². The predicted octanol–water partition coefficient (Wildman–Crippen LogP) is 4.14. The van der Waals surface area contributed by atoms with E-state index in [1.54, 1.807) is 0 Å². The minimum Gasteiger partial charge on any atom is -0.381 e. The number of unbranched alkanes of at least 4 members (excludes halogenated alkanes) is 3. The minimum atomic E-state index is 0.670. The summed E-state index contributed by atoms with van der Waals surface area (Å²) in [5.74, 6) is 0. The van der Waals surface area contributed by atoms with Crippen LogP contribution in [0.25, 0.3) is 0 Å². The largest absolute Gasteiger partial charge is 0.381 e.